The summed E-state index contributed by atoms with van der Waals surface area (Å²) < 4.78 is 0. The molecule has 0 aliphatic carbocycles. The number of nitrogens with zero attached hydrogens (tertiary/aromatic N) is 4. The van der Waals surface area contributed by atoms with E-state index in [1.165, 1.54) is 18.0 Å². The molecule has 3 saturated heterocycles. The maximum atomic E-state index is 12.1. The molecule has 5 rings (SSSR count). The Kier molecular flexibility index (Phi) is 3.19. The van der Waals surface area contributed by atoms with Crippen LogP contribution in [0.3, 0.4) is 0 Å². The van der Waals surface area contributed by atoms with Crippen molar-refractivity contribution in [1.29, 1.82) is 0 Å². The third-order valence-electron chi connectivity index (χ3n) is 5.18. The first-order valence-electron chi connectivity index (χ1n) is 7.93. The Morgan fingerprint density at radius 1 is 1.30 bits per heavy atom. The lowest BCUT2D eigenvalue weighted by Crippen LogP contribution is -2.56. The topological polar surface area (TPSA) is 79.0 Å². The zero-order valence-corrected chi connectivity index (χ0v) is 12.9. The number of hydrogen-bond acceptors (Lipinski definition) is 5. The van der Waals surface area contributed by atoms with E-state index < -0.39 is 4.92 Å². The Balaban J connectivity index is 1.78. The smallest absolute Gasteiger partial charge is 0.269 e. The third kappa shape index (κ3) is 2.15. The number of nitro benzene ring substituents is 1. The van der Waals surface area contributed by atoms with Gasteiger partial charge in [0.1, 0.15) is 6.04 Å². The van der Waals surface area contributed by atoms with Crippen LogP contribution in [-0.4, -0.2) is 45.6 Å². The van der Waals surface area contributed by atoms with E-state index in [0.717, 1.165) is 37.2 Å². The maximum Gasteiger partial charge on any atom is 0.269 e. The van der Waals surface area contributed by atoms with E-state index >= 15 is 0 Å². The van der Waals surface area contributed by atoms with Crippen molar-refractivity contribution in [1.82, 2.24) is 9.91 Å². The molecule has 2 bridgehead atoms. The lowest BCUT2D eigenvalue weighted by molar-refractivity contribution is -0.385. The molecule has 0 aromatic heterocycles. The molecule has 7 heteroatoms. The molecule has 1 amide bonds. The molecule has 4 aliphatic heterocycles. The molecular weight excluding hydrogens is 296 g/mol. The van der Waals surface area contributed by atoms with Gasteiger partial charge in [0.15, 0.2) is 0 Å². The Bertz CT molecular complexity index is 709. The van der Waals surface area contributed by atoms with Crippen molar-refractivity contribution in [3.8, 4) is 0 Å². The fourth-order valence-corrected chi connectivity index (χ4v) is 4.14. The number of carbonyl (C=O) groups excluding carboxylic acids is 1. The molecule has 1 aromatic carbocycles. The number of fused-ring (bicyclic) bond motifs is 2. The monoisotopic (exact) mass is 314 g/mol. The van der Waals surface area contributed by atoms with Gasteiger partial charge in [0.2, 0.25) is 5.91 Å². The van der Waals surface area contributed by atoms with Crippen molar-refractivity contribution in [2.75, 3.05) is 13.1 Å². The van der Waals surface area contributed by atoms with Crippen LogP contribution in [0.25, 0.3) is 0 Å². The van der Waals surface area contributed by atoms with Gasteiger partial charge in [-0.1, -0.05) is 12.1 Å². The van der Waals surface area contributed by atoms with Gasteiger partial charge >= 0.3 is 0 Å². The molecule has 120 valence electrons. The zero-order valence-electron chi connectivity index (χ0n) is 12.9. The van der Waals surface area contributed by atoms with E-state index in [-0.39, 0.29) is 23.7 Å². The van der Waals surface area contributed by atoms with Crippen LogP contribution in [-0.2, 0) is 4.79 Å². The standard InChI is InChI=1S/C16H18N4O3/c1-10(21)19-15(12-3-2-4-13(9-12)20(22)23)16-14(17-19)11-5-7-18(16)8-6-11/h2-4,9,11,15-16H,5-8H2,1H3/t15-,16+/m1/s1. The fourth-order valence-electron chi connectivity index (χ4n) is 4.14. The van der Waals surface area contributed by atoms with Crippen molar-refractivity contribution in [2.24, 2.45) is 11.0 Å². The van der Waals surface area contributed by atoms with Crippen LogP contribution in [0.4, 0.5) is 5.69 Å². The number of carbonyl (C=O) groups is 1. The number of amides is 1. The van der Waals surface area contributed by atoms with E-state index in [1.54, 1.807) is 12.1 Å². The lowest BCUT2D eigenvalue weighted by Gasteiger charge is -2.45. The van der Waals surface area contributed by atoms with E-state index in [2.05, 4.69) is 10.0 Å². The van der Waals surface area contributed by atoms with Crippen LogP contribution < -0.4 is 0 Å². The minimum Gasteiger partial charge on any atom is -0.293 e. The van der Waals surface area contributed by atoms with Gasteiger partial charge in [0.05, 0.1) is 16.7 Å². The van der Waals surface area contributed by atoms with Gasteiger partial charge < -0.3 is 0 Å². The minimum atomic E-state index is -0.397. The molecule has 2 atom stereocenters. The molecule has 7 nitrogen and oxygen atoms in total. The Morgan fingerprint density at radius 2 is 2.04 bits per heavy atom. The second-order valence-corrected chi connectivity index (χ2v) is 6.44. The number of non-ortho nitro benzene ring substituents is 1. The van der Waals surface area contributed by atoms with Gasteiger partial charge in [0.25, 0.3) is 5.69 Å². The summed E-state index contributed by atoms with van der Waals surface area (Å²) in [5.41, 5.74) is 1.91. The van der Waals surface area contributed by atoms with Crippen molar-refractivity contribution < 1.29 is 9.72 Å². The summed E-state index contributed by atoms with van der Waals surface area (Å²) in [6, 6.07) is 6.39. The van der Waals surface area contributed by atoms with Gasteiger partial charge in [-0.25, -0.2) is 5.01 Å². The average molecular weight is 314 g/mol. The first kappa shape index (κ1) is 14.3. The molecule has 3 fully saturated rings. The summed E-state index contributed by atoms with van der Waals surface area (Å²) in [6.07, 6.45) is 2.17. The molecule has 23 heavy (non-hydrogen) atoms. The summed E-state index contributed by atoms with van der Waals surface area (Å²) in [5, 5.41) is 17.2. The first-order valence-corrected chi connectivity index (χ1v) is 7.93. The molecule has 1 aromatic rings. The predicted molar refractivity (Wildman–Crippen MR) is 83.9 cm³/mol. The van der Waals surface area contributed by atoms with Gasteiger partial charge in [0, 0.05) is 25.0 Å². The highest BCUT2D eigenvalue weighted by Gasteiger charge is 2.50. The van der Waals surface area contributed by atoms with Crippen LogP contribution in [0.5, 0.6) is 0 Å². The van der Waals surface area contributed by atoms with Crippen LogP contribution in [0.2, 0.25) is 0 Å². The first-order chi connectivity index (χ1) is 11.1. The zero-order chi connectivity index (χ0) is 16.1. The molecule has 0 radical (unpaired) electrons. The van der Waals surface area contributed by atoms with E-state index in [4.69, 9.17) is 0 Å². The minimum absolute atomic E-state index is 0.0513. The van der Waals surface area contributed by atoms with Crippen molar-refractivity contribution >= 4 is 17.3 Å². The summed E-state index contributed by atoms with van der Waals surface area (Å²) in [4.78, 5) is 25.1. The van der Waals surface area contributed by atoms with Gasteiger partial charge in [-0.3, -0.25) is 19.8 Å². The molecule has 0 saturated carbocycles. The molecule has 0 spiro atoms. The fraction of sp³-hybridized carbons (Fsp3) is 0.500. The van der Waals surface area contributed by atoms with Crippen LogP contribution in [0.1, 0.15) is 31.4 Å². The Morgan fingerprint density at radius 3 is 2.70 bits per heavy atom. The maximum absolute atomic E-state index is 12.1. The number of piperidine rings is 3. The highest BCUT2D eigenvalue weighted by Crippen LogP contribution is 2.43. The Labute approximate surface area is 133 Å². The van der Waals surface area contributed by atoms with E-state index in [1.807, 2.05) is 6.07 Å². The van der Waals surface area contributed by atoms with E-state index in [9.17, 15) is 14.9 Å². The molecule has 4 heterocycles. The summed E-state index contributed by atoms with van der Waals surface area (Å²) >= 11 is 0. The van der Waals surface area contributed by atoms with Gasteiger partial charge in [-0.15, -0.1) is 0 Å². The third-order valence-corrected chi connectivity index (χ3v) is 5.18. The summed E-state index contributed by atoms with van der Waals surface area (Å²) in [6.45, 7) is 3.51. The SMILES string of the molecule is CC(=O)N1N=C2C3CCN(CC3)[C@@H]2[C@H]1c1cccc([N+](=O)[O-])c1. The number of hydrazone groups is 1. The second kappa shape index (κ2) is 5.13. The highest BCUT2D eigenvalue weighted by atomic mass is 16.6. The number of nitro groups is 1. The number of rotatable bonds is 2. The summed E-state index contributed by atoms with van der Waals surface area (Å²) in [5.74, 6) is 0.319. The van der Waals surface area contributed by atoms with Crippen LogP contribution in [0.15, 0.2) is 29.4 Å². The van der Waals surface area contributed by atoms with Crippen molar-refractivity contribution in [3.63, 3.8) is 0 Å². The van der Waals surface area contributed by atoms with Gasteiger partial charge in [-0.2, -0.15) is 5.10 Å². The largest absolute Gasteiger partial charge is 0.293 e. The molecule has 0 unspecified atom stereocenters. The molecule has 0 N–H and O–H groups in total. The highest BCUT2D eigenvalue weighted by molar-refractivity contribution is 5.97. The molecular formula is C16H18N4O3. The summed E-state index contributed by atoms with van der Waals surface area (Å²) in [7, 11) is 0. The average Bonchev–Trinajstić information content (AvgIpc) is 2.99. The second-order valence-electron chi connectivity index (χ2n) is 6.44. The van der Waals surface area contributed by atoms with Crippen molar-refractivity contribution in [2.45, 2.75) is 31.8 Å². The van der Waals surface area contributed by atoms with Crippen LogP contribution in [0, 0.1) is 16.0 Å². The molecule has 4 aliphatic rings. The van der Waals surface area contributed by atoms with Gasteiger partial charge in [-0.05, 0) is 31.5 Å². The van der Waals surface area contributed by atoms with Crippen molar-refractivity contribution in [3.05, 3.63) is 39.9 Å². The quantitative estimate of drug-likeness (QED) is 0.617. The van der Waals surface area contributed by atoms with E-state index in [0.29, 0.717) is 5.92 Å². The predicted octanol–water partition coefficient (Wildman–Crippen LogP) is 1.95. The normalized spacial score (nSPS) is 31.7. The Hall–Kier alpha value is -2.28. The number of benzene rings is 1. The lowest BCUT2D eigenvalue weighted by atomic mass is 9.78. The van der Waals surface area contributed by atoms with Crippen LogP contribution >= 0.6 is 0 Å². The number of hydrogen-bond donors (Lipinski definition) is 0.